The van der Waals surface area contributed by atoms with Crippen LogP contribution in [0.5, 0.6) is 0 Å². The number of aryl methyl sites for hydroxylation is 2. The standard InChI is InChI=1S/C30H26N3O.C14H16GeN.Ir/c1-18-13-20(15-30(3,4)5)9-11-22(18)26-14-27(32-17-19(26)2)25-8-6-7-23-24-12-10-21(16-31)33-29(24)34-28(23)25;1-15(2,3)13-9-10-14(16-11-13)12-7-5-4-6-8-12;/h6-7,9-14,17H,15H2,1-5H3;4-7,9-11H,1-3H3;/q2*-1;/i1D3,2D3,11D,14D,15D2;;. The van der Waals surface area contributed by atoms with E-state index in [9.17, 15) is 6.63 Å². The molecule has 0 aliphatic rings. The summed E-state index contributed by atoms with van der Waals surface area (Å²) in [6, 6.07) is 28.3. The first-order valence-electron chi connectivity index (χ1n) is 21.1. The second kappa shape index (κ2) is 15.5. The molecule has 7 rings (SSSR count). The first kappa shape index (κ1) is 26.4. The predicted octanol–water partition coefficient (Wildman–Crippen LogP) is 10.7. The van der Waals surface area contributed by atoms with Gasteiger partial charge in [0.1, 0.15) is 11.8 Å². The Morgan fingerprint density at radius 3 is 2.37 bits per heavy atom. The fourth-order valence-corrected chi connectivity index (χ4v) is 7.53. The summed E-state index contributed by atoms with van der Waals surface area (Å²) in [5.74, 6) is 7.14. The zero-order valence-electron chi connectivity index (χ0n) is 39.1. The van der Waals surface area contributed by atoms with Gasteiger partial charge in [0.15, 0.2) is 0 Å². The smallest absolute Gasteiger partial charge is 0 e. The van der Waals surface area contributed by atoms with E-state index in [1.54, 1.807) is 39.0 Å². The van der Waals surface area contributed by atoms with Gasteiger partial charge in [-0.05, 0) is 71.1 Å². The van der Waals surface area contributed by atoms with Crippen molar-refractivity contribution < 1.29 is 38.2 Å². The van der Waals surface area contributed by atoms with Gasteiger partial charge in [-0.2, -0.15) is 5.26 Å². The summed E-state index contributed by atoms with van der Waals surface area (Å²) in [6.07, 6.45) is 1.02. The van der Waals surface area contributed by atoms with Gasteiger partial charge in [-0.25, -0.2) is 4.98 Å². The van der Waals surface area contributed by atoms with E-state index in [1.807, 2.05) is 36.5 Å². The van der Waals surface area contributed by atoms with E-state index in [-0.39, 0.29) is 65.0 Å². The number of fused-ring (bicyclic) bond motifs is 3. The van der Waals surface area contributed by atoms with Gasteiger partial charge >= 0.3 is 99.8 Å². The van der Waals surface area contributed by atoms with Crippen LogP contribution in [0, 0.1) is 42.6 Å². The summed E-state index contributed by atoms with van der Waals surface area (Å²) in [6.45, 7) is -0.800. The van der Waals surface area contributed by atoms with E-state index in [0.29, 0.717) is 10.8 Å². The number of hydrogen-bond acceptors (Lipinski definition) is 5. The van der Waals surface area contributed by atoms with E-state index in [1.165, 1.54) is 16.5 Å². The number of nitriles is 1. The zero-order chi connectivity index (χ0) is 44.2. The van der Waals surface area contributed by atoms with Crippen LogP contribution in [0.25, 0.3) is 55.7 Å². The molecular weight excluding hydrogens is 865 g/mol. The Kier molecular flexibility index (Phi) is 7.99. The van der Waals surface area contributed by atoms with Crippen molar-refractivity contribution in [3.63, 3.8) is 0 Å². The Labute approximate surface area is 332 Å². The maximum absolute atomic E-state index is 9.26. The van der Waals surface area contributed by atoms with E-state index in [2.05, 4.69) is 56.5 Å². The molecule has 7 heteroatoms. The second-order valence-corrected chi connectivity index (χ2v) is 24.5. The van der Waals surface area contributed by atoms with Crippen LogP contribution in [-0.4, -0.2) is 28.2 Å². The third-order valence-corrected chi connectivity index (χ3v) is 12.1. The molecule has 51 heavy (non-hydrogen) atoms. The fourth-order valence-electron chi connectivity index (χ4n) is 5.35. The van der Waals surface area contributed by atoms with Crippen LogP contribution < -0.4 is 4.40 Å². The van der Waals surface area contributed by atoms with Crippen LogP contribution in [0.2, 0.25) is 17.3 Å². The minimum Gasteiger partial charge on any atom is 0 e. The zero-order valence-corrected chi connectivity index (χ0v) is 33.6. The number of benzene rings is 3. The number of nitrogens with zero attached hydrogens (tertiary/aromatic N) is 4. The minimum atomic E-state index is -2.90. The Balaban J connectivity index is 0.000000347. The van der Waals surface area contributed by atoms with Gasteiger partial charge in [0.05, 0.1) is 8.32 Å². The van der Waals surface area contributed by atoms with Crippen LogP contribution in [0.3, 0.4) is 0 Å². The number of rotatable bonds is 5. The predicted molar refractivity (Wildman–Crippen MR) is 208 cm³/mol. The van der Waals surface area contributed by atoms with Crippen LogP contribution >= 0.6 is 0 Å². The average molecular weight is 918 g/mol. The van der Waals surface area contributed by atoms with Crippen molar-refractivity contribution in [1.29, 1.82) is 5.26 Å². The molecule has 0 spiro atoms. The average Bonchev–Trinajstić information content (AvgIpc) is 3.55. The van der Waals surface area contributed by atoms with Gasteiger partial charge in [0.2, 0.25) is 5.71 Å². The van der Waals surface area contributed by atoms with Crippen LogP contribution in [0.1, 0.15) is 56.9 Å². The molecule has 0 N–H and O–H groups in total. The van der Waals surface area contributed by atoms with Crippen LogP contribution in [0.4, 0.5) is 0 Å². The van der Waals surface area contributed by atoms with Gasteiger partial charge in [-0.1, -0.05) is 55.9 Å². The van der Waals surface area contributed by atoms with E-state index in [0.717, 1.165) is 23.5 Å². The van der Waals surface area contributed by atoms with Crippen molar-refractivity contribution in [2.24, 2.45) is 5.41 Å². The molecule has 3 aromatic carbocycles. The van der Waals surface area contributed by atoms with Crippen molar-refractivity contribution in [3.8, 4) is 39.7 Å². The maximum atomic E-state index is 9.26. The topological polar surface area (TPSA) is 75.6 Å². The molecule has 4 aromatic heterocycles. The molecule has 259 valence electrons. The molecule has 0 aliphatic heterocycles. The van der Waals surface area contributed by atoms with Gasteiger partial charge in [0, 0.05) is 42.7 Å². The largest absolute Gasteiger partial charge is 0 e. The van der Waals surface area contributed by atoms with Crippen LogP contribution in [0.15, 0.2) is 102 Å². The van der Waals surface area contributed by atoms with Crippen LogP contribution in [-0.2, 0) is 26.5 Å². The molecular formula is C44H42GeIrN4O-2. The second-order valence-electron chi connectivity index (χ2n) is 13.9. The van der Waals surface area contributed by atoms with Gasteiger partial charge in [-0.15, -0.1) is 18.2 Å². The molecule has 1 radical (unpaired) electrons. The van der Waals surface area contributed by atoms with Gasteiger partial charge in [0.25, 0.3) is 0 Å². The number of furan rings is 1. The quantitative estimate of drug-likeness (QED) is 0.127. The molecule has 0 aliphatic carbocycles. The minimum absolute atomic E-state index is 0. The fraction of sp³-hybridized carbons (Fsp3) is 0.227. The summed E-state index contributed by atoms with van der Waals surface area (Å²) in [5, 5.41) is 10.4. The third kappa shape index (κ3) is 8.73. The summed E-state index contributed by atoms with van der Waals surface area (Å²) >= 11 is -1.72. The number of hydrogen-bond donors (Lipinski definition) is 0. The number of aromatic nitrogens is 3. The molecule has 4 heterocycles. The molecule has 0 amide bonds. The van der Waals surface area contributed by atoms with Crippen molar-refractivity contribution in [1.82, 2.24) is 15.0 Å². The summed E-state index contributed by atoms with van der Waals surface area (Å²) < 4.78 is 92.4. The molecule has 7 aromatic rings. The van der Waals surface area contributed by atoms with E-state index < -0.39 is 62.0 Å². The Bertz CT molecular complexity index is 2770. The first-order valence-corrected chi connectivity index (χ1v) is 23.4. The normalized spacial score (nSPS) is 15.1. The monoisotopic (exact) mass is 919 g/mol. The summed E-state index contributed by atoms with van der Waals surface area (Å²) in [4.78, 5) is 13.0. The molecule has 0 saturated heterocycles. The van der Waals surface area contributed by atoms with Crippen molar-refractivity contribution in [2.75, 3.05) is 0 Å². The van der Waals surface area contributed by atoms with Gasteiger partial charge < -0.3 is 9.40 Å². The maximum Gasteiger partial charge on any atom is 0 e. The Morgan fingerprint density at radius 1 is 0.902 bits per heavy atom. The molecule has 0 atom stereocenters. The van der Waals surface area contributed by atoms with Crippen molar-refractivity contribution >= 4 is 39.7 Å². The summed E-state index contributed by atoms with van der Waals surface area (Å²) in [7, 11) is 0. The molecule has 0 fully saturated rings. The Morgan fingerprint density at radius 2 is 1.71 bits per heavy atom. The van der Waals surface area contributed by atoms with Crippen molar-refractivity contribution in [2.45, 2.75) is 58.1 Å². The molecule has 0 unspecified atom stereocenters. The van der Waals surface area contributed by atoms with Crippen molar-refractivity contribution in [3.05, 3.63) is 132 Å². The third-order valence-electron chi connectivity index (χ3n) is 7.81. The number of pyridine rings is 3. The summed E-state index contributed by atoms with van der Waals surface area (Å²) in [5.41, 5.74) is 0.108. The molecule has 0 bridgehead atoms. The van der Waals surface area contributed by atoms with Gasteiger partial charge in [-0.3, -0.25) is 0 Å². The first-order chi connectivity index (χ1) is 27.8. The Hall–Kier alpha value is -4.41. The molecule has 5 nitrogen and oxygen atoms in total. The van der Waals surface area contributed by atoms with E-state index >= 15 is 0 Å². The SMILES string of the molecule is [2H]c1cc(C([2H])([2H])C(C)(C)C)cc(C([2H])([2H])[2H])c1-c1c(C([2H])([2H])[2H])cnc(-c2[c-]ccc3c2oc2nc(C#N)ccc23)c1[2H].[CH3][Ge]([CH3])([CH3])[c]1ccc(-c2[c-]cccc2)nc1.[Ir]. The molecule has 0 saturated carbocycles. The van der Waals surface area contributed by atoms with E-state index in [4.69, 9.17) is 16.8 Å².